The van der Waals surface area contributed by atoms with Crippen LogP contribution in [0, 0.1) is 0 Å². The molecule has 1 atom stereocenters. The van der Waals surface area contributed by atoms with Crippen LogP contribution < -0.4 is 4.90 Å². The van der Waals surface area contributed by atoms with Crippen molar-refractivity contribution in [1.82, 2.24) is 0 Å². The average molecular weight is 277 g/mol. The first-order chi connectivity index (χ1) is 8.90. The number of anilines is 1. The van der Waals surface area contributed by atoms with Crippen molar-refractivity contribution in [2.75, 3.05) is 4.90 Å². The Morgan fingerprint density at radius 2 is 2.00 bits per heavy atom. The summed E-state index contributed by atoms with van der Waals surface area (Å²) in [6.07, 6.45) is 0.314. The van der Waals surface area contributed by atoms with Gasteiger partial charge in [-0.15, -0.1) is 11.8 Å². The highest BCUT2D eigenvalue weighted by molar-refractivity contribution is 8.00. The molecule has 100 valence electrons. The van der Waals surface area contributed by atoms with Gasteiger partial charge in [-0.2, -0.15) is 0 Å². The van der Waals surface area contributed by atoms with Gasteiger partial charge in [0.05, 0.1) is 5.69 Å². The molecule has 19 heavy (non-hydrogen) atoms. The number of thioether (sulfide) groups is 1. The average Bonchev–Trinajstić information content (AvgIpc) is 2.41. The Kier molecular flexibility index (Phi) is 3.75. The molecule has 0 saturated heterocycles. The molecule has 0 spiro atoms. The normalized spacial score (nSPS) is 18.8. The Hall–Kier alpha value is -1.62. The van der Waals surface area contributed by atoms with E-state index in [1.165, 1.54) is 30.5 Å². The third-order valence-electron chi connectivity index (χ3n) is 2.96. The van der Waals surface area contributed by atoms with Crippen molar-refractivity contribution in [3.8, 4) is 0 Å². The van der Waals surface area contributed by atoms with Crippen LogP contribution >= 0.6 is 11.8 Å². The molecule has 0 aliphatic carbocycles. The molecule has 0 aromatic heterocycles. The highest BCUT2D eigenvalue weighted by atomic mass is 32.2. The van der Waals surface area contributed by atoms with Crippen molar-refractivity contribution < 1.29 is 14.4 Å². The lowest BCUT2D eigenvalue weighted by atomic mass is 10.1. The Balaban J connectivity index is 2.57. The van der Waals surface area contributed by atoms with Gasteiger partial charge in [0.25, 0.3) is 0 Å². The standard InChI is InChI=1S/C14H15NO3S/c1-8-6-14(18)15(10(3)17)12-5-4-11(9(2)16)7-13(12)19-8/h4-5,7-8H,6H2,1-3H3. The SMILES string of the molecule is CC(=O)c1ccc2c(c1)SC(C)CC(=O)N2C(C)=O. The summed E-state index contributed by atoms with van der Waals surface area (Å²) < 4.78 is 0. The van der Waals surface area contributed by atoms with E-state index in [1.807, 2.05) is 6.92 Å². The highest BCUT2D eigenvalue weighted by Crippen LogP contribution is 2.38. The van der Waals surface area contributed by atoms with E-state index in [1.54, 1.807) is 18.2 Å². The van der Waals surface area contributed by atoms with E-state index >= 15 is 0 Å². The number of Topliss-reactive ketones (excluding diaryl/α,β-unsaturated/α-hetero) is 1. The van der Waals surface area contributed by atoms with Crippen molar-refractivity contribution in [2.45, 2.75) is 37.3 Å². The molecule has 0 radical (unpaired) electrons. The lowest BCUT2D eigenvalue weighted by molar-refractivity contribution is -0.125. The van der Waals surface area contributed by atoms with Crippen molar-refractivity contribution in [2.24, 2.45) is 0 Å². The predicted molar refractivity (Wildman–Crippen MR) is 74.5 cm³/mol. The molecule has 2 amide bonds. The topological polar surface area (TPSA) is 54.5 Å². The van der Waals surface area contributed by atoms with Crippen LogP contribution in [0.2, 0.25) is 0 Å². The first-order valence-electron chi connectivity index (χ1n) is 6.05. The minimum Gasteiger partial charge on any atom is -0.295 e. The van der Waals surface area contributed by atoms with Crippen molar-refractivity contribution in [1.29, 1.82) is 0 Å². The molecule has 0 bridgehead atoms. The highest BCUT2D eigenvalue weighted by Gasteiger charge is 2.29. The minimum atomic E-state index is -0.295. The van der Waals surface area contributed by atoms with Gasteiger partial charge in [-0.1, -0.05) is 6.92 Å². The summed E-state index contributed by atoms with van der Waals surface area (Å²) in [5.41, 5.74) is 1.17. The molecule has 4 nitrogen and oxygen atoms in total. The number of amides is 2. The number of hydrogen-bond donors (Lipinski definition) is 0. The quantitative estimate of drug-likeness (QED) is 0.740. The number of benzene rings is 1. The van der Waals surface area contributed by atoms with E-state index in [0.29, 0.717) is 17.7 Å². The molecule has 0 saturated carbocycles. The van der Waals surface area contributed by atoms with Crippen LogP contribution in [-0.2, 0) is 9.59 Å². The first kappa shape index (κ1) is 13.8. The maximum Gasteiger partial charge on any atom is 0.234 e. The van der Waals surface area contributed by atoms with E-state index in [9.17, 15) is 14.4 Å². The van der Waals surface area contributed by atoms with Crippen LogP contribution in [-0.4, -0.2) is 22.8 Å². The van der Waals surface area contributed by atoms with Gasteiger partial charge in [0.15, 0.2) is 5.78 Å². The summed E-state index contributed by atoms with van der Waals surface area (Å²) in [5, 5.41) is 0.0813. The summed E-state index contributed by atoms with van der Waals surface area (Å²) in [7, 11) is 0. The molecule has 1 aliphatic heterocycles. The summed E-state index contributed by atoms with van der Waals surface area (Å²) in [6, 6.07) is 5.09. The summed E-state index contributed by atoms with van der Waals surface area (Å²) >= 11 is 1.52. The van der Waals surface area contributed by atoms with Gasteiger partial charge in [0.2, 0.25) is 11.8 Å². The molecule has 1 heterocycles. The zero-order valence-corrected chi connectivity index (χ0v) is 11.9. The number of fused-ring (bicyclic) bond motifs is 1. The Bertz CT molecular complexity index is 568. The van der Waals surface area contributed by atoms with Crippen LogP contribution in [0.25, 0.3) is 0 Å². The third-order valence-corrected chi connectivity index (χ3v) is 4.11. The second-order valence-electron chi connectivity index (χ2n) is 4.62. The predicted octanol–water partition coefficient (Wildman–Crippen LogP) is 2.65. The number of rotatable bonds is 1. The smallest absolute Gasteiger partial charge is 0.234 e. The number of ketones is 1. The molecule has 0 fully saturated rings. The fourth-order valence-corrected chi connectivity index (χ4v) is 3.22. The lowest BCUT2D eigenvalue weighted by Crippen LogP contribution is -2.35. The van der Waals surface area contributed by atoms with E-state index in [4.69, 9.17) is 0 Å². The maximum absolute atomic E-state index is 12.1. The summed E-state index contributed by atoms with van der Waals surface area (Å²) in [4.78, 5) is 37.2. The van der Waals surface area contributed by atoms with Gasteiger partial charge < -0.3 is 0 Å². The Labute approximate surface area is 116 Å². The lowest BCUT2D eigenvalue weighted by Gasteiger charge is -2.19. The van der Waals surface area contributed by atoms with Crippen LogP contribution in [0.1, 0.15) is 37.6 Å². The molecule has 1 aromatic carbocycles. The molecule has 0 N–H and O–H groups in total. The van der Waals surface area contributed by atoms with E-state index in [2.05, 4.69) is 0 Å². The molecular formula is C14H15NO3S. The second kappa shape index (κ2) is 5.17. The Morgan fingerprint density at radius 3 is 2.58 bits per heavy atom. The fourth-order valence-electron chi connectivity index (χ4n) is 2.09. The van der Waals surface area contributed by atoms with E-state index in [-0.39, 0.29) is 22.8 Å². The van der Waals surface area contributed by atoms with Gasteiger partial charge in [-0.3, -0.25) is 14.4 Å². The van der Waals surface area contributed by atoms with Crippen LogP contribution in [0.5, 0.6) is 0 Å². The number of carbonyl (C=O) groups is 3. The fraction of sp³-hybridized carbons (Fsp3) is 0.357. The second-order valence-corrected chi connectivity index (χ2v) is 6.10. The van der Waals surface area contributed by atoms with Crippen LogP contribution in [0.15, 0.2) is 23.1 Å². The van der Waals surface area contributed by atoms with E-state index in [0.717, 1.165) is 4.90 Å². The molecule has 1 unspecified atom stereocenters. The summed E-state index contributed by atoms with van der Waals surface area (Å²) in [6.45, 7) is 4.82. The first-order valence-corrected chi connectivity index (χ1v) is 6.93. The number of hydrogen-bond acceptors (Lipinski definition) is 4. The molecule has 1 aliphatic rings. The van der Waals surface area contributed by atoms with Crippen LogP contribution in [0.3, 0.4) is 0 Å². The monoisotopic (exact) mass is 277 g/mol. The van der Waals surface area contributed by atoms with Crippen molar-refractivity contribution in [3.63, 3.8) is 0 Å². The van der Waals surface area contributed by atoms with Gasteiger partial charge >= 0.3 is 0 Å². The van der Waals surface area contributed by atoms with Crippen LogP contribution in [0.4, 0.5) is 5.69 Å². The summed E-state index contributed by atoms with van der Waals surface area (Å²) in [5.74, 6) is -0.514. The molecular weight excluding hydrogens is 262 g/mol. The number of imide groups is 1. The zero-order valence-electron chi connectivity index (χ0n) is 11.1. The zero-order chi connectivity index (χ0) is 14.2. The van der Waals surface area contributed by atoms with Gasteiger partial charge in [-0.25, -0.2) is 4.90 Å². The van der Waals surface area contributed by atoms with Crippen molar-refractivity contribution >= 4 is 35.0 Å². The van der Waals surface area contributed by atoms with Crippen molar-refractivity contribution in [3.05, 3.63) is 23.8 Å². The molecule has 5 heteroatoms. The van der Waals surface area contributed by atoms with Gasteiger partial charge in [0.1, 0.15) is 0 Å². The number of carbonyl (C=O) groups excluding carboxylic acids is 3. The third kappa shape index (κ3) is 2.71. The largest absolute Gasteiger partial charge is 0.295 e. The minimum absolute atomic E-state index is 0.0269. The van der Waals surface area contributed by atoms with Gasteiger partial charge in [-0.05, 0) is 25.1 Å². The molecule has 2 rings (SSSR count). The molecule has 1 aromatic rings. The van der Waals surface area contributed by atoms with Gasteiger partial charge in [0, 0.05) is 29.1 Å². The number of nitrogens with zero attached hydrogens (tertiary/aromatic N) is 1. The van der Waals surface area contributed by atoms with E-state index < -0.39 is 0 Å². The Morgan fingerprint density at radius 1 is 1.32 bits per heavy atom. The maximum atomic E-state index is 12.1.